The van der Waals surface area contributed by atoms with Gasteiger partial charge in [-0.05, 0) is 58.2 Å². The van der Waals surface area contributed by atoms with E-state index in [1.54, 1.807) is 4.90 Å². The predicted octanol–water partition coefficient (Wildman–Crippen LogP) is 3.10. The Morgan fingerprint density at radius 1 is 1.14 bits per heavy atom. The highest BCUT2D eigenvalue weighted by Gasteiger charge is 2.37. The highest BCUT2D eigenvalue weighted by atomic mass is 16.6. The molecule has 2 fully saturated rings. The Kier molecular flexibility index (Phi) is 6.67. The van der Waals surface area contributed by atoms with Gasteiger partial charge >= 0.3 is 6.09 Å². The number of benzene rings is 1. The van der Waals surface area contributed by atoms with Crippen LogP contribution in [0, 0.1) is 0 Å². The molecule has 0 aliphatic carbocycles. The third-order valence-corrected chi connectivity index (χ3v) is 5.31. The van der Waals surface area contributed by atoms with E-state index >= 15 is 0 Å². The number of amides is 2. The Morgan fingerprint density at radius 2 is 1.79 bits per heavy atom. The first-order valence-electron chi connectivity index (χ1n) is 10.5. The molecule has 7 nitrogen and oxygen atoms in total. The molecule has 2 aliphatic heterocycles. The monoisotopic (exact) mass is 403 g/mol. The molecule has 2 heterocycles. The van der Waals surface area contributed by atoms with Crippen LogP contribution in [0.3, 0.4) is 0 Å². The molecule has 1 aromatic rings. The largest absolute Gasteiger partial charge is 0.444 e. The molecule has 2 atom stereocenters. The number of hydrogen-bond acceptors (Lipinski definition) is 5. The highest BCUT2D eigenvalue weighted by Crippen LogP contribution is 2.23. The minimum atomic E-state index is -0.573. The van der Waals surface area contributed by atoms with Gasteiger partial charge in [0.2, 0.25) is 5.91 Å². The maximum Gasteiger partial charge on any atom is 0.410 e. The molecular weight excluding hydrogens is 370 g/mol. The van der Waals surface area contributed by atoms with E-state index in [0.29, 0.717) is 13.0 Å². The first kappa shape index (κ1) is 21.4. The summed E-state index contributed by atoms with van der Waals surface area (Å²) >= 11 is 0. The topological polar surface area (TPSA) is 71.1 Å². The van der Waals surface area contributed by atoms with Gasteiger partial charge in [0.05, 0.1) is 19.3 Å². The molecular formula is C22H33N3O4. The molecule has 29 heavy (non-hydrogen) atoms. The van der Waals surface area contributed by atoms with Crippen molar-refractivity contribution in [1.82, 2.24) is 10.2 Å². The van der Waals surface area contributed by atoms with Crippen molar-refractivity contribution in [3.05, 3.63) is 29.8 Å². The van der Waals surface area contributed by atoms with Gasteiger partial charge in [0.15, 0.2) is 0 Å². The lowest BCUT2D eigenvalue weighted by Gasteiger charge is -2.29. The van der Waals surface area contributed by atoms with Crippen LogP contribution in [0.4, 0.5) is 10.5 Å². The van der Waals surface area contributed by atoms with E-state index in [0.717, 1.165) is 38.3 Å². The summed E-state index contributed by atoms with van der Waals surface area (Å²) in [7, 11) is 0. The molecule has 0 radical (unpaired) electrons. The van der Waals surface area contributed by atoms with Gasteiger partial charge in [-0.1, -0.05) is 12.1 Å². The molecule has 0 aromatic heterocycles. The lowest BCUT2D eigenvalue weighted by atomic mass is 10.1. The number of carbonyl (C=O) groups is 2. The molecule has 1 aromatic carbocycles. The second-order valence-corrected chi connectivity index (χ2v) is 8.75. The van der Waals surface area contributed by atoms with Crippen molar-refractivity contribution in [3.63, 3.8) is 0 Å². The maximum absolute atomic E-state index is 12.8. The normalized spacial score (nSPS) is 21.0. The van der Waals surface area contributed by atoms with Crippen LogP contribution in [0.15, 0.2) is 24.3 Å². The summed E-state index contributed by atoms with van der Waals surface area (Å²) in [6.45, 7) is 11.3. The number of anilines is 1. The fraction of sp³-hybridized carbons (Fsp3) is 0.636. The van der Waals surface area contributed by atoms with Gasteiger partial charge in [-0.25, -0.2) is 4.79 Å². The molecule has 0 saturated carbocycles. The zero-order chi connectivity index (χ0) is 21.0. The van der Waals surface area contributed by atoms with Crippen LogP contribution in [0.25, 0.3) is 0 Å². The fourth-order valence-corrected chi connectivity index (χ4v) is 3.77. The summed E-state index contributed by atoms with van der Waals surface area (Å²) in [4.78, 5) is 29.1. The first-order chi connectivity index (χ1) is 13.7. The van der Waals surface area contributed by atoms with Gasteiger partial charge in [0.1, 0.15) is 11.6 Å². The van der Waals surface area contributed by atoms with Crippen LogP contribution in [0.2, 0.25) is 0 Å². The zero-order valence-corrected chi connectivity index (χ0v) is 17.9. The summed E-state index contributed by atoms with van der Waals surface area (Å²) in [6, 6.07) is 7.67. The first-order valence-corrected chi connectivity index (χ1v) is 10.5. The van der Waals surface area contributed by atoms with Crippen molar-refractivity contribution < 1.29 is 19.1 Å². The second-order valence-electron chi connectivity index (χ2n) is 8.75. The van der Waals surface area contributed by atoms with Crippen LogP contribution in [0.1, 0.15) is 52.1 Å². The number of rotatable bonds is 4. The van der Waals surface area contributed by atoms with Crippen molar-refractivity contribution in [3.8, 4) is 0 Å². The van der Waals surface area contributed by atoms with Crippen LogP contribution in [-0.4, -0.2) is 61.4 Å². The standard InChI is InChI=1S/C22H33N3O4/c1-16(17-7-9-18(10-8-17)24-12-14-28-15-13-24)23-20(26)19-6-5-11-25(19)21(27)29-22(2,3)4/h7-10,16,19H,5-6,11-15H2,1-4H3,(H,23,26)/t16?,19-/m0/s1. The number of morpholine rings is 1. The summed E-state index contributed by atoms with van der Waals surface area (Å²) < 4.78 is 10.9. The summed E-state index contributed by atoms with van der Waals surface area (Å²) in [6.07, 6.45) is 1.05. The summed E-state index contributed by atoms with van der Waals surface area (Å²) in [5.74, 6) is -0.127. The van der Waals surface area contributed by atoms with E-state index in [2.05, 4.69) is 34.5 Å². The molecule has 7 heteroatoms. The number of hydrogen-bond donors (Lipinski definition) is 1. The number of nitrogens with one attached hydrogen (secondary N) is 1. The summed E-state index contributed by atoms with van der Waals surface area (Å²) in [5.41, 5.74) is 1.63. The third kappa shape index (κ3) is 5.63. The van der Waals surface area contributed by atoms with Gasteiger partial charge in [0, 0.05) is 25.3 Å². The number of likely N-dealkylation sites (tertiary alicyclic amines) is 1. The molecule has 2 amide bonds. The van der Waals surface area contributed by atoms with E-state index in [1.165, 1.54) is 5.69 Å². The SMILES string of the molecule is CC(NC(=O)[C@@H]1CCCN1C(=O)OC(C)(C)C)c1ccc(N2CCOCC2)cc1. The van der Waals surface area contributed by atoms with E-state index in [9.17, 15) is 9.59 Å². The Balaban J connectivity index is 1.58. The number of ether oxygens (including phenoxy) is 2. The smallest absolute Gasteiger partial charge is 0.410 e. The molecule has 160 valence electrons. The molecule has 1 unspecified atom stereocenters. The Hall–Kier alpha value is -2.28. The van der Waals surface area contributed by atoms with Crippen LogP contribution >= 0.6 is 0 Å². The van der Waals surface area contributed by atoms with Crippen LogP contribution in [0.5, 0.6) is 0 Å². The molecule has 3 rings (SSSR count). The third-order valence-electron chi connectivity index (χ3n) is 5.31. The average Bonchev–Trinajstić information content (AvgIpc) is 3.18. The lowest BCUT2D eigenvalue weighted by Crippen LogP contribution is -2.48. The van der Waals surface area contributed by atoms with Gasteiger partial charge in [-0.3, -0.25) is 9.69 Å². The second kappa shape index (κ2) is 9.03. The zero-order valence-electron chi connectivity index (χ0n) is 17.9. The van der Waals surface area contributed by atoms with Crippen LogP contribution in [-0.2, 0) is 14.3 Å². The van der Waals surface area contributed by atoms with Crippen molar-refractivity contribution >= 4 is 17.7 Å². The molecule has 0 bridgehead atoms. The highest BCUT2D eigenvalue weighted by molar-refractivity contribution is 5.86. The van der Waals surface area contributed by atoms with Gasteiger partial charge in [-0.15, -0.1) is 0 Å². The van der Waals surface area contributed by atoms with E-state index in [1.807, 2.05) is 27.7 Å². The van der Waals surface area contributed by atoms with E-state index in [-0.39, 0.29) is 11.9 Å². The average molecular weight is 404 g/mol. The van der Waals surface area contributed by atoms with Gasteiger partial charge < -0.3 is 19.7 Å². The van der Waals surface area contributed by atoms with Crippen LogP contribution < -0.4 is 10.2 Å². The fourth-order valence-electron chi connectivity index (χ4n) is 3.77. The molecule has 2 saturated heterocycles. The lowest BCUT2D eigenvalue weighted by molar-refractivity contribution is -0.126. The van der Waals surface area contributed by atoms with Crippen molar-refractivity contribution in [1.29, 1.82) is 0 Å². The molecule has 1 N–H and O–H groups in total. The molecule has 0 spiro atoms. The van der Waals surface area contributed by atoms with Crippen molar-refractivity contribution in [2.45, 2.75) is 58.2 Å². The predicted molar refractivity (Wildman–Crippen MR) is 112 cm³/mol. The molecule has 2 aliphatic rings. The van der Waals surface area contributed by atoms with E-state index < -0.39 is 17.7 Å². The van der Waals surface area contributed by atoms with Crippen molar-refractivity contribution in [2.24, 2.45) is 0 Å². The number of carbonyl (C=O) groups excluding carboxylic acids is 2. The Labute approximate surface area is 173 Å². The minimum absolute atomic E-state index is 0.127. The van der Waals surface area contributed by atoms with Crippen molar-refractivity contribution in [2.75, 3.05) is 37.7 Å². The summed E-state index contributed by atoms with van der Waals surface area (Å²) in [5, 5.41) is 3.06. The van der Waals surface area contributed by atoms with Gasteiger partial charge in [0.25, 0.3) is 0 Å². The maximum atomic E-state index is 12.8. The van der Waals surface area contributed by atoms with E-state index in [4.69, 9.17) is 9.47 Å². The Morgan fingerprint density at radius 3 is 2.41 bits per heavy atom. The minimum Gasteiger partial charge on any atom is -0.444 e. The van der Waals surface area contributed by atoms with Gasteiger partial charge in [-0.2, -0.15) is 0 Å². The quantitative estimate of drug-likeness (QED) is 0.836. The number of nitrogens with zero attached hydrogens (tertiary/aromatic N) is 2. The Bertz CT molecular complexity index is 708.